The van der Waals surface area contributed by atoms with E-state index in [0.717, 1.165) is 12.8 Å². The molecule has 21 heavy (non-hydrogen) atoms. The second-order valence-corrected chi connectivity index (χ2v) is 6.08. The highest BCUT2D eigenvalue weighted by molar-refractivity contribution is 7.99. The molecule has 1 heterocycles. The van der Waals surface area contributed by atoms with Gasteiger partial charge >= 0.3 is 0 Å². The first-order valence-corrected chi connectivity index (χ1v) is 7.62. The van der Waals surface area contributed by atoms with E-state index in [0.29, 0.717) is 27.3 Å². The zero-order valence-corrected chi connectivity index (χ0v) is 12.2. The molecule has 110 valence electrons. The third-order valence-electron chi connectivity index (χ3n) is 3.61. The van der Waals surface area contributed by atoms with Crippen LogP contribution < -0.4 is 11.5 Å². The van der Waals surface area contributed by atoms with E-state index in [9.17, 15) is 4.79 Å². The minimum Gasteiger partial charge on any atom is -0.399 e. The Morgan fingerprint density at radius 3 is 2.81 bits per heavy atom. The largest absolute Gasteiger partial charge is 0.399 e. The summed E-state index contributed by atoms with van der Waals surface area (Å²) in [5, 5.41) is 12.6. The number of amides is 1. The van der Waals surface area contributed by atoms with Crippen molar-refractivity contribution in [3.05, 3.63) is 23.8 Å². The average molecular weight is 304 g/mol. The maximum absolute atomic E-state index is 11.5. The molecule has 0 spiro atoms. The standard InChI is InChI=1S/C13H16N6OS/c14-8-5-6-10(12(15)20)11(7-8)21-13-16-17-18-19(13)9-3-1-2-4-9/h5-7,9H,1-4,14H2,(H2,15,20). The zero-order valence-electron chi connectivity index (χ0n) is 11.4. The van der Waals surface area contributed by atoms with Crippen molar-refractivity contribution < 1.29 is 4.79 Å². The topological polar surface area (TPSA) is 113 Å². The quantitative estimate of drug-likeness (QED) is 0.830. The van der Waals surface area contributed by atoms with Gasteiger partial charge in [0, 0.05) is 10.6 Å². The number of rotatable bonds is 4. The predicted molar refractivity (Wildman–Crippen MR) is 78.8 cm³/mol. The Labute approximate surface area is 126 Å². The van der Waals surface area contributed by atoms with Gasteiger partial charge in [-0.1, -0.05) is 12.8 Å². The highest BCUT2D eigenvalue weighted by Crippen LogP contribution is 2.35. The van der Waals surface area contributed by atoms with Crippen molar-refractivity contribution in [2.45, 2.75) is 41.8 Å². The molecule has 0 radical (unpaired) electrons. The van der Waals surface area contributed by atoms with E-state index in [4.69, 9.17) is 11.5 Å². The van der Waals surface area contributed by atoms with Crippen LogP contribution in [0.15, 0.2) is 28.3 Å². The molecule has 1 saturated carbocycles. The van der Waals surface area contributed by atoms with Gasteiger partial charge in [0.2, 0.25) is 11.1 Å². The molecular weight excluding hydrogens is 288 g/mol. The van der Waals surface area contributed by atoms with Crippen molar-refractivity contribution in [3.63, 3.8) is 0 Å². The van der Waals surface area contributed by atoms with Crippen molar-refractivity contribution >= 4 is 23.4 Å². The van der Waals surface area contributed by atoms with Gasteiger partial charge in [-0.15, -0.1) is 5.10 Å². The summed E-state index contributed by atoms with van der Waals surface area (Å²) < 4.78 is 1.84. The lowest BCUT2D eigenvalue weighted by atomic mass is 10.2. The number of primary amides is 1. The van der Waals surface area contributed by atoms with E-state index in [-0.39, 0.29) is 0 Å². The Bertz CT molecular complexity index is 664. The van der Waals surface area contributed by atoms with Crippen LogP contribution in [0.25, 0.3) is 0 Å². The summed E-state index contributed by atoms with van der Waals surface area (Å²) in [6.45, 7) is 0. The lowest BCUT2D eigenvalue weighted by Crippen LogP contribution is -2.13. The molecule has 8 heteroatoms. The number of hydrogen-bond acceptors (Lipinski definition) is 6. The molecule has 0 saturated heterocycles. The van der Waals surface area contributed by atoms with E-state index in [2.05, 4.69) is 15.5 Å². The monoisotopic (exact) mass is 304 g/mol. The number of aromatic nitrogens is 4. The molecule has 0 unspecified atom stereocenters. The lowest BCUT2D eigenvalue weighted by molar-refractivity contribution is 0.0997. The van der Waals surface area contributed by atoms with Gasteiger partial charge in [0.15, 0.2) is 0 Å². The lowest BCUT2D eigenvalue weighted by Gasteiger charge is -2.12. The normalized spacial score (nSPS) is 15.4. The van der Waals surface area contributed by atoms with Crippen molar-refractivity contribution in [2.75, 3.05) is 5.73 Å². The molecule has 2 aromatic rings. The first-order valence-electron chi connectivity index (χ1n) is 6.80. The molecular formula is C13H16N6OS. The van der Waals surface area contributed by atoms with Crippen LogP contribution in [0.2, 0.25) is 0 Å². The van der Waals surface area contributed by atoms with Crippen molar-refractivity contribution in [2.24, 2.45) is 5.73 Å². The van der Waals surface area contributed by atoms with E-state index in [1.165, 1.54) is 24.6 Å². The van der Waals surface area contributed by atoms with Crippen LogP contribution >= 0.6 is 11.8 Å². The molecule has 1 aliphatic carbocycles. The summed E-state index contributed by atoms with van der Waals surface area (Å²) in [4.78, 5) is 12.2. The van der Waals surface area contributed by atoms with E-state index in [1.807, 2.05) is 4.68 Å². The zero-order chi connectivity index (χ0) is 14.8. The summed E-state index contributed by atoms with van der Waals surface area (Å²) in [5.41, 5.74) is 12.2. The first-order chi connectivity index (χ1) is 10.1. The van der Waals surface area contributed by atoms with Crippen LogP contribution in [0.1, 0.15) is 42.1 Å². The SMILES string of the molecule is NC(=O)c1ccc(N)cc1Sc1nnnn1C1CCCC1. The van der Waals surface area contributed by atoms with E-state index < -0.39 is 5.91 Å². The van der Waals surface area contributed by atoms with Crippen molar-refractivity contribution in [3.8, 4) is 0 Å². The van der Waals surface area contributed by atoms with E-state index >= 15 is 0 Å². The smallest absolute Gasteiger partial charge is 0.249 e. The van der Waals surface area contributed by atoms with Gasteiger partial charge in [0.1, 0.15) is 0 Å². The van der Waals surface area contributed by atoms with Gasteiger partial charge in [-0.3, -0.25) is 4.79 Å². The fourth-order valence-corrected chi connectivity index (χ4v) is 3.58. The van der Waals surface area contributed by atoms with E-state index in [1.54, 1.807) is 18.2 Å². The molecule has 4 N–H and O–H groups in total. The summed E-state index contributed by atoms with van der Waals surface area (Å²) in [6, 6.07) is 5.34. The molecule has 1 amide bonds. The molecule has 0 atom stereocenters. The number of hydrogen-bond donors (Lipinski definition) is 2. The minimum absolute atomic E-state index is 0.334. The molecule has 1 aliphatic rings. The Balaban J connectivity index is 1.92. The second-order valence-electron chi connectivity index (χ2n) is 5.07. The molecule has 3 rings (SSSR count). The fraction of sp³-hybridized carbons (Fsp3) is 0.385. The number of tetrazole rings is 1. The summed E-state index contributed by atoms with van der Waals surface area (Å²) in [7, 11) is 0. The Hall–Kier alpha value is -2.09. The van der Waals surface area contributed by atoms with Crippen molar-refractivity contribution in [1.82, 2.24) is 20.2 Å². The molecule has 1 fully saturated rings. The third-order valence-corrected chi connectivity index (χ3v) is 4.61. The fourth-order valence-electron chi connectivity index (χ4n) is 2.56. The summed E-state index contributed by atoms with van der Waals surface area (Å²) in [6.07, 6.45) is 4.55. The van der Waals surface area contributed by atoms with Crippen LogP contribution in [0.3, 0.4) is 0 Å². The Kier molecular flexibility index (Phi) is 3.78. The van der Waals surface area contributed by atoms with Crippen LogP contribution in [0.5, 0.6) is 0 Å². The maximum Gasteiger partial charge on any atom is 0.249 e. The number of carbonyl (C=O) groups excluding carboxylic acids is 1. The first kappa shape index (κ1) is 13.9. The summed E-state index contributed by atoms with van der Waals surface area (Å²) >= 11 is 1.32. The van der Waals surface area contributed by atoms with Gasteiger partial charge in [-0.25, -0.2) is 4.68 Å². The van der Waals surface area contributed by atoms with Gasteiger partial charge in [0.25, 0.3) is 0 Å². The van der Waals surface area contributed by atoms with Crippen LogP contribution in [-0.4, -0.2) is 26.1 Å². The number of nitrogen functional groups attached to an aromatic ring is 1. The third kappa shape index (κ3) is 2.85. The molecule has 0 aliphatic heterocycles. The van der Waals surface area contributed by atoms with Gasteiger partial charge in [0.05, 0.1) is 11.6 Å². The van der Waals surface area contributed by atoms with Crippen LogP contribution in [-0.2, 0) is 0 Å². The molecule has 7 nitrogen and oxygen atoms in total. The summed E-state index contributed by atoms with van der Waals surface area (Å²) in [5.74, 6) is -0.489. The van der Waals surface area contributed by atoms with Gasteiger partial charge in [-0.2, -0.15) is 0 Å². The number of benzene rings is 1. The van der Waals surface area contributed by atoms with Crippen LogP contribution in [0, 0.1) is 0 Å². The number of nitrogens with two attached hydrogens (primary N) is 2. The number of anilines is 1. The van der Waals surface area contributed by atoms with Crippen molar-refractivity contribution in [1.29, 1.82) is 0 Å². The highest BCUT2D eigenvalue weighted by Gasteiger charge is 2.23. The minimum atomic E-state index is -0.489. The highest BCUT2D eigenvalue weighted by atomic mass is 32.2. The maximum atomic E-state index is 11.5. The van der Waals surface area contributed by atoms with Gasteiger partial charge in [-0.05, 0) is 53.2 Å². The molecule has 1 aromatic heterocycles. The molecule has 1 aromatic carbocycles. The number of carbonyl (C=O) groups is 1. The Morgan fingerprint density at radius 2 is 2.10 bits per heavy atom. The average Bonchev–Trinajstić information content (AvgIpc) is 3.08. The predicted octanol–water partition coefficient (Wildman–Crippen LogP) is 1.62. The molecule has 0 bridgehead atoms. The second kappa shape index (κ2) is 5.72. The van der Waals surface area contributed by atoms with Gasteiger partial charge < -0.3 is 11.5 Å². The number of nitrogens with zero attached hydrogens (tertiary/aromatic N) is 4. The van der Waals surface area contributed by atoms with Crippen LogP contribution in [0.4, 0.5) is 5.69 Å². The Morgan fingerprint density at radius 1 is 1.33 bits per heavy atom.